The second-order valence-corrected chi connectivity index (χ2v) is 8.90. The summed E-state index contributed by atoms with van der Waals surface area (Å²) in [4.78, 5) is 0. The lowest BCUT2D eigenvalue weighted by molar-refractivity contribution is -0.0203. The van der Waals surface area contributed by atoms with Gasteiger partial charge in [-0.05, 0) is 48.9 Å². The smallest absolute Gasteiger partial charge is 0.217 e. The third kappa shape index (κ3) is 3.36. The van der Waals surface area contributed by atoms with Crippen molar-refractivity contribution in [2.24, 2.45) is 5.10 Å². The first kappa shape index (κ1) is 19.5. The third-order valence-corrected chi connectivity index (χ3v) is 6.32. The van der Waals surface area contributed by atoms with Crippen molar-refractivity contribution in [1.82, 2.24) is 5.01 Å². The zero-order valence-electron chi connectivity index (χ0n) is 16.6. The molecule has 152 valence electrons. The summed E-state index contributed by atoms with van der Waals surface area (Å²) in [5.74, 6) is 1.59. The van der Waals surface area contributed by atoms with E-state index in [1.807, 2.05) is 41.4 Å². The maximum Gasteiger partial charge on any atom is 0.217 e. The fourth-order valence-electron chi connectivity index (χ4n) is 4.08. The van der Waals surface area contributed by atoms with Crippen LogP contribution in [0.1, 0.15) is 40.9 Å². The zero-order chi connectivity index (χ0) is 20.8. The number of rotatable bonds is 3. The van der Waals surface area contributed by atoms with E-state index < -0.39 is 6.23 Å². The van der Waals surface area contributed by atoms with Crippen LogP contribution in [0.25, 0.3) is 0 Å². The van der Waals surface area contributed by atoms with Gasteiger partial charge >= 0.3 is 0 Å². The highest BCUT2D eigenvalue weighted by Crippen LogP contribution is 2.49. The van der Waals surface area contributed by atoms with E-state index >= 15 is 0 Å². The SMILES string of the molecule is COc1ccc(Br)cc1[C@@H]1Oc2ccc(Cl)cc2[C@@H]2CC(c3ccc(C)cc3)=NN21. The van der Waals surface area contributed by atoms with E-state index in [9.17, 15) is 0 Å². The number of aryl methyl sites for hydroxylation is 1. The number of halogens is 2. The van der Waals surface area contributed by atoms with Crippen molar-refractivity contribution in [1.29, 1.82) is 0 Å². The fourth-order valence-corrected chi connectivity index (χ4v) is 4.64. The molecule has 6 heteroatoms. The van der Waals surface area contributed by atoms with E-state index in [2.05, 4.69) is 47.1 Å². The van der Waals surface area contributed by atoms with Gasteiger partial charge in [0.15, 0.2) is 0 Å². The first-order valence-electron chi connectivity index (χ1n) is 9.76. The van der Waals surface area contributed by atoms with E-state index in [1.165, 1.54) is 5.56 Å². The number of ether oxygens (including phenoxy) is 2. The van der Waals surface area contributed by atoms with Crippen LogP contribution >= 0.6 is 27.5 Å². The van der Waals surface area contributed by atoms with Gasteiger partial charge in [-0.25, -0.2) is 5.01 Å². The first-order valence-corrected chi connectivity index (χ1v) is 10.9. The van der Waals surface area contributed by atoms with Crippen LogP contribution in [0.4, 0.5) is 0 Å². The Bertz CT molecular complexity index is 1150. The Morgan fingerprint density at radius 2 is 1.87 bits per heavy atom. The molecule has 3 aromatic carbocycles. The quantitative estimate of drug-likeness (QED) is 0.417. The van der Waals surface area contributed by atoms with Crippen molar-refractivity contribution >= 4 is 33.2 Å². The molecular weight excluding hydrogens is 464 g/mol. The molecule has 0 N–H and O–H groups in total. The maximum absolute atomic E-state index is 6.45. The van der Waals surface area contributed by atoms with Crippen molar-refractivity contribution in [3.8, 4) is 11.5 Å². The van der Waals surface area contributed by atoms with Crippen molar-refractivity contribution in [2.45, 2.75) is 25.6 Å². The lowest BCUT2D eigenvalue weighted by atomic mass is 9.95. The standard InChI is InChI=1S/C24H20BrClN2O2/c1-14-3-5-15(6-4-14)20-13-21-18-12-17(26)8-10-23(18)30-24(28(21)27-20)19-11-16(25)7-9-22(19)29-2/h3-12,21,24H,13H2,1-2H3/t21-,24-/m0/s1. The fraction of sp³-hybridized carbons (Fsp3) is 0.208. The molecule has 5 rings (SSSR count). The van der Waals surface area contributed by atoms with Gasteiger partial charge in [0.25, 0.3) is 0 Å². The number of hydrogen-bond acceptors (Lipinski definition) is 4. The van der Waals surface area contributed by atoms with Gasteiger partial charge in [-0.3, -0.25) is 0 Å². The molecule has 0 saturated carbocycles. The summed E-state index contributed by atoms with van der Waals surface area (Å²) in [6.45, 7) is 2.09. The Kier molecular flexibility index (Phi) is 4.95. The first-order chi connectivity index (χ1) is 14.5. The molecular formula is C24H20BrClN2O2. The summed E-state index contributed by atoms with van der Waals surface area (Å²) in [6, 6.07) is 20.2. The van der Waals surface area contributed by atoms with Crippen molar-refractivity contribution < 1.29 is 9.47 Å². The molecule has 2 aliphatic rings. The molecule has 0 aromatic heterocycles. The van der Waals surface area contributed by atoms with Gasteiger partial charge in [0.2, 0.25) is 6.23 Å². The molecule has 3 aromatic rings. The summed E-state index contributed by atoms with van der Waals surface area (Å²) in [7, 11) is 1.67. The summed E-state index contributed by atoms with van der Waals surface area (Å²) < 4.78 is 13.0. The van der Waals surface area contributed by atoms with Gasteiger partial charge in [0.1, 0.15) is 11.5 Å². The Morgan fingerprint density at radius 1 is 1.07 bits per heavy atom. The molecule has 2 aliphatic heterocycles. The van der Waals surface area contributed by atoms with Gasteiger partial charge in [-0.15, -0.1) is 0 Å². The monoisotopic (exact) mass is 482 g/mol. The average Bonchev–Trinajstić information content (AvgIpc) is 3.19. The molecule has 2 heterocycles. The number of methoxy groups -OCH3 is 1. The Morgan fingerprint density at radius 3 is 2.63 bits per heavy atom. The normalized spacial score (nSPS) is 19.6. The van der Waals surface area contributed by atoms with Gasteiger partial charge in [0.05, 0.1) is 24.4 Å². The van der Waals surface area contributed by atoms with Crippen LogP contribution in [0.3, 0.4) is 0 Å². The number of benzene rings is 3. The highest BCUT2D eigenvalue weighted by Gasteiger charge is 2.42. The van der Waals surface area contributed by atoms with E-state index in [-0.39, 0.29) is 6.04 Å². The van der Waals surface area contributed by atoms with Gasteiger partial charge in [0, 0.05) is 21.5 Å². The van der Waals surface area contributed by atoms with Crippen molar-refractivity contribution in [3.63, 3.8) is 0 Å². The molecule has 0 bridgehead atoms. The van der Waals surface area contributed by atoms with E-state index in [4.69, 9.17) is 26.2 Å². The van der Waals surface area contributed by atoms with Gasteiger partial charge in [-0.1, -0.05) is 57.4 Å². The van der Waals surface area contributed by atoms with Crippen molar-refractivity contribution in [3.05, 3.63) is 92.4 Å². The molecule has 0 saturated heterocycles. The molecule has 4 nitrogen and oxygen atoms in total. The van der Waals surface area contributed by atoms with Gasteiger partial charge < -0.3 is 9.47 Å². The third-order valence-electron chi connectivity index (χ3n) is 5.59. The van der Waals surface area contributed by atoms with Crippen LogP contribution < -0.4 is 9.47 Å². The molecule has 0 unspecified atom stereocenters. The lowest BCUT2D eigenvalue weighted by Gasteiger charge is -2.38. The highest BCUT2D eigenvalue weighted by molar-refractivity contribution is 9.10. The minimum atomic E-state index is -0.404. The number of hydrazone groups is 1. The molecule has 0 fully saturated rings. The zero-order valence-corrected chi connectivity index (χ0v) is 18.9. The Labute approximate surface area is 189 Å². The van der Waals surface area contributed by atoms with Crippen LogP contribution in [0.15, 0.2) is 70.2 Å². The van der Waals surface area contributed by atoms with Crippen molar-refractivity contribution in [2.75, 3.05) is 7.11 Å². The number of nitrogens with zero attached hydrogens (tertiary/aromatic N) is 2. The van der Waals surface area contributed by atoms with Gasteiger partial charge in [-0.2, -0.15) is 5.10 Å². The summed E-state index contributed by atoms with van der Waals surface area (Å²) in [5, 5.41) is 7.75. The van der Waals surface area contributed by atoms with Crippen LogP contribution in [0.2, 0.25) is 5.02 Å². The molecule has 0 aliphatic carbocycles. The minimum absolute atomic E-state index is 0.0393. The van der Waals surface area contributed by atoms with E-state index in [0.29, 0.717) is 5.02 Å². The summed E-state index contributed by atoms with van der Waals surface area (Å²) in [5.41, 5.74) is 5.37. The average molecular weight is 484 g/mol. The Hall–Kier alpha value is -2.50. The van der Waals surface area contributed by atoms with E-state index in [1.54, 1.807) is 7.11 Å². The summed E-state index contributed by atoms with van der Waals surface area (Å²) >= 11 is 9.90. The van der Waals surface area contributed by atoms with Crippen LogP contribution in [-0.2, 0) is 0 Å². The molecule has 0 spiro atoms. The second-order valence-electron chi connectivity index (χ2n) is 7.55. The highest BCUT2D eigenvalue weighted by atomic mass is 79.9. The largest absolute Gasteiger partial charge is 0.496 e. The molecule has 0 amide bonds. The maximum atomic E-state index is 6.45. The van der Waals surface area contributed by atoms with E-state index in [0.717, 1.165) is 44.8 Å². The molecule has 0 radical (unpaired) electrons. The molecule has 30 heavy (non-hydrogen) atoms. The Balaban J connectivity index is 1.64. The van der Waals surface area contributed by atoms with Crippen LogP contribution in [-0.4, -0.2) is 17.8 Å². The lowest BCUT2D eigenvalue weighted by Crippen LogP contribution is -2.34. The topological polar surface area (TPSA) is 34.1 Å². The summed E-state index contributed by atoms with van der Waals surface area (Å²) in [6.07, 6.45) is 0.381. The number of fused-ring (bicyclic) bond motifs is 3. The van der Waals surface area contributed by atoms with Crippen LogP contribution in [0.5, 0.6) is 11.5 Å². The minimum Gasteiger partial charge on any atom is -0.496 e. The predicted octanol–water partition coefficient (Wildman–Crippen LogP) is 6.66. The number of hydrogen-bond donors (Lipinski definition) is 0. The predicted molar refractivity (Wildman–Crippen MR) is 122 cm³/mol. The van der Waals surface area contributed by atoms with Crippen LogP contribution in [0, 0.1) is 6.92 Å². The second kappa shape index (κ2) is 7.64. The molecule has 2 atom stereocenters.